The van der Waals surface area contributed by atoms with Crippen molar-refractivity contribution in [2.45, 2.75) is 6.92 Å². The molecule has 0 fully saturated rings. The van der Waals surface area contributed by atoms with E-state index in [1.54, 1.807) is 12.3 Å². The molecule has 1 aliphatic rings. The fraction of sp³-hybridized carbons (Fsp3) is 0.0455. The first-order valence-corrected chi connectivity index (χ1v) is 8.71. The number of hydrogen-bond donors (Lipinski definition) is 3. The second-order valence-corrected chi connectivity index (χ2v) is 6.48. The van der Waals surface area contributed by atoms with Crippen molar-refractivity contribution < 1.29 is 5.11 Å². The number of allylic oxidation sites excluding steroid dienone is 3. The average molecular weight is 371 g/mol. The number of H-pyrrole nitrogens is 2. The van der Waals surface area contributed by atoms with Crippen LogP contribution in [0.25, 0.3) is 11.1 Å². The fourth-order valence-corrected chi connectivity index (χ4v) is 3.13. The summed E-state index contributed by atoms with van der Waals surface area (Å²) in [4.78, 5) is 32.7. The zero-order valence-electron chi connectivity index (χ0n) is 15.1. The maximum Gasteiger partial charge on any atom is 0.328 e. The smallest absolute Gasteiger partial charge is 0.328 e. The van der Waals surface area contributed by atoms with Gasteiger partial charge in [0.25, 0.3) is 5.56 Å². The number of aryl methyl sites for hydroxylation is 1. The number of aromatic hydroxyl groups is 1. The first-order valence-electron chi connectivity index (χ1n) is 8.71. The van der Waals surface area contributed by atoms with E-state index in [0.29, 0.717) is 5.57 Å². The first-order chi connectivity index (χ1) is 13.5. The third kappa shape index (κ3) is 3.23. The average Bonchev–Trinajstić information content (AvgIpc) is 3.08. The number of hydrogen-bond acceptors (Lipinski definition) is 4. The summed E-state index contributed by atoms with van der Waals surface area (Å²) in [6, 6.07) is 15.3. The molecule has 3 aromatic rings. The van der Waals surface area contributed by atoms with Gasteiger partial charge in [0.1, 0.15) is 5.56 Å². The molecule has 28 heavy (non-hydrogen) atoms. The predicted molar refractivity (Wildman–Crippen MR) is 110 cm³/mol. The molecule has 0 radical (unpaired) electrons. The maximum atomic E-state index is 12.4. The second-order valence-electron chi connectivity index (χ2n) is 6.48. The Kier molecular flexibility index (Phi) is 4.37. The molecule has 6 heteroatoms. The minimum absolute atomic E-state index is 0.00326. The van der Waals surface area contributed by atoms with Gasteiger partial charge >= 0.3 is 5.69 Å². The Balaban J connectivity index is 1.90. The van der Waals surface area contributed by atoms with Crippen LogP contribution in [0.1, 0.15) is 22.3 Å². The van der Waals surface area contributed by atoms with Crippen LogP contribution in [0.4, 0.5) is 5.69 Å². The number of fused-ring (bicyclic) bond motifs is 1. The highest BCUT2D eigenvalue weighted by Gasteiger charge is 2.16. The molecule has 0 unspecified atom stereocenters. The van der Waals surface area contributed by atoms with Crippen LogP contribution in [0, 0.1) is 6.92 Å². The van der Waals surface area contributed by atoms with Gasteiger partial charge in [0.05, 0.1) is 5.69 Å². The SMILES string of the molecule is Cc1ccc(C(=CC=C2C=Nc3ccccc32)c2c(O)[nH]c(=O)[nH]c2=O)cc1. The minimum atomic E-state index is -0.760. The Morgan fingerprint density at radius 3 is 2.54 bits per heavy atom. The minimum Gasteiger partial charge on any atom is -0.494 e. The summed E-state index contributed by atoms with van der Waals surface area (Å²) in [7, 11) is 0. The molecule has 4 rings (SSSR count). The van der Waals surface area contributed by atoms with Gasteiger partial charge in [0.2, 0.25) is 5.88 Å². The van der Waals surface area contributed by atoms with Crippen LogP contribution in [-0.4, -0.2) is 21.3 Å². The van der Waals surface area contributed by atoms with Gasteiger partial charge in [-0.3, -0.25) is 19.8 Å². The number of nitrogens with zero attached hydrogens (tertiary/aromatic N) is 1. The van der Waals surface area contributed by atoms with Crippen molar-refractivity contribution in [3.63, 3.8) is 0 Å². The molecule has 0 bridgehead atoms. The summed E-state index contributed by atoms with van der Waals surface area (Å²) in [5, 5.41) is 10.2. The highest BCUT2D eigenvalue weighted by Crippen LogP contribution is 2.32. The van der Waals surface area contributed by atoms with Gasteiger partial charge in [0.15, 0.2) is 0 Å². The maximum absolute atomic E-state index is 12.4. The molecule has 0 saturated carbocycles. The summed E-state index contributed by atoms with van der Waals surface area (Å²) in [6.07, 6.45) is 5.34. The van der Waals surface area contributed by atoms with Gasteiger partial charge in [0, 0.05) is 17.4 Å². The van der Waals surface area contributed by atoms with E-state index in [2.05, 4.69) is 15.0 Å². The van der Waals surface area contributed by atoms with Gasteiger partial charge in [-0.25, -0.2) is 4.79 Å². The lowest BCUT2D eigenvalue weighted by molar-refractivity contribution is 0.446. The molecule has 2 heterocycles. The molecule has 1 aliphatic heterocycles. The fourth-order valence-electron chi connectivity index (χ4n) is 3.13. The Morgan fingerprint density at radius 1 is 1.04 bits per heavy atom. The van der Waals surface area contributed by atoms with Crippen LogP contribution < -0.4 is 11.2 Å². The number of para-hydroxylation sites is 1. The molecule has 0 saturated heterocycles. The molecule has 0 spiro atoms. The van der Waals surface area contributed by atoms with Gasteiger partial charge in [-0.2, -0.15) is 0 Å². The van der Waals surface area contributed by atoms with Crippen molar-refractivity contribution in [3.05, 3.63) is 104 Å². The molecule has 6 nitrogen and oxygen atoms in total. The largest absolute Gasteiger partial charge is 0.494 e. The first kappa shape index (κ1) is 17.5. The molecule has 2 aromatic carbocycles. The van der Waals surface area contributed by atoms with Gasteiger partial charge in [-0.15, -0.1) is 0 Å². The molecule has 3 N–H and O–H groups in total. The Labute approximate surface area is 160 Å². The van der Waals surface area contributed by atoms with Crippen LogP contribution in [0.5, 0.6) is 5.88 Å². The highest BCUT2D eigenvalue weighted by molar-refractivity contribution is 6.17. The van der Waals surface area contributed by atoms with E-state index >= 15 is 0 Å². The third-order valence-corrected chi connectivity index (χ3v) is 4.54. The zero-order valence-corrected chi connectivity index (χ0v) is 15.1. The normalized spacial score (nSPS) is 14.5. The van der Waals surface area contributed by atoms with Gasteiger partial charge in [-0.05, 0) is 24.1 Å². The second kappa shape index (κ2) is 7.00. The number of aromatic nitrogens is 2. The van der Waals surface area contributed by atoms with Gasteiger partial charge in [-0.1, -0.05) is 60.2 Å². The zero-order chi connectivity index (χ0) is 19.7. The van der Waals surface area contributed by atoms with E-state index in [-0.39, 0.29) is 5.56 Å². The van der Waals surface area contributed by atoms with Crippen molar-refractivity contribution in [1.82, 2.24) is 9.97 Å². The number of aliphatic imine (C=N–C) groups is 1. The quantitative estimate of drug-likeness (QED) is 0.659. The number of nitrogens with one attached hydrogen (secondary N) is 2. The lowest BCUT2D eigenvalue weighted by atomic mass is 9.97. The molecule has 138 valence electrons. The Hall–Kier alpha value is -3.93. The van der Waals surface area contributed by atoms with Gasteiger partial charge < -0.3 is 5.11 Å². The van der Waals surface area contributed by atoms with Crippen molar-refractivity contribution in [3.8, 4) is 5.88 Å². The van der Waals surface area contributed by atoms with E-state index in [0.717, 1.165) is 28.0 Å². The molecule has 1 aromatic heterocycles. The van der Waals surface area contributed by atoms with Crippen LogP contribution in [0.3, 0.4) is 0 Å². The molecule has 0 amide bonds. The van der Waals surface area contributed by atoms with Crippen molar-refractivity contribution in [2.75, 3.05) is 0 Å². The number of benzene rings is 2. The molecular formula is C22H17N3O3. The van der Waals surface area contributed by atoms with Crippen LogP contribution in [0.15, 0.2) is 75.3 Å². The number of rotatable bonds is 3. The molecule has 0 atom stereocenters. The lowest BCUT2D eigenvalue weighted by Crippen LogP contribution is -2.24. The van der Waals surface area contributed by atoms with Crippen LogP contribution in [0.2, 0.25) is 0 Å². The summed E-state index contributed by atoms with van der Waals surface area (Å²) in [5.41, 5.74) is 3.63. The van der Waals surface area contributed by atoms with Crippen molar-refractivity contribution in [2.24, 2.45) is 4.99 Å². The summed E-state index contributed by atoms with van der Waals surface area (Å²) in [6.45, 7) is 1.96. The number of aromatic amines is 2. The van der Waals surface area contributed by atoms with E-state index in [4.69, 9.17) is 0 Å². The van der Waals surface area contributed by atoms with Crippen molar-refractivity contribution in [1.29, 1.82) is 0 Å². The van der Waals surface area contributed by atoms with E-state index in [1.165, 1.54) is 0 Å². The monoisotopic (exact) mass is 371 g/mol. The van der Waals surface area contributed by atoms with E-state index in [1.807, 2.05) is 61.5 Å². The summed E-state index contributed by atoms with van der Waals surface area (Å²) < 4.78 is 0. The Morgan fingerprint density at radius 2 is 1.79 bits per heavy atom. The lowest BCUT2D eigenvalue weighted by Gasteiger charge is -2.09. The van der Waals surface area contributed by atoms with Crippen LogP contribution >= 0.6 is 0 Å². The van der Waals surface area contributed by atoms with E-state index < -0.39 is 17.1 Å². The summed E-state index contributed by atoms with van der Waals surface area (Å²) >= 11 is 0. The van der Waals surface area contributed by atoms with Crippen LogP contribution in [-0.2, 0) is 0 Å². The standard InChI is InChI=1S/C22H17N3O3/c1-13-6-8-14(9-7-13)17(19-20(26)24-22(28)25-21(19)27)11-10-15-12-23-18-5-3-2-4-16(15)18/h2-12H,1H3,(H3,24,25,26,27,28). The topological polar surface area (TPSA) is 98.3 Å². The predicted octanol–water partition coefficient (Wildman–Crippen LogP) is 3.31. The van der Waals surface area contributed by atoms with Crippen molar-refractivity contribution >= 4 is 23.0 Å². The molecular weight excluding hydrogens is 354 g/mol. The highest BCUT2D eigenvalue weighted by atomic mass is 16.3. The van der Waals surface area contributed by atoms with E-state index in [9.17, 15) is 14.7 Å². The third-order valence-electron chi connectivity index (χ3n) is 4.54. The molecule has 0 aliphatic carbocycles. The Bertz CT molecular complexity index is 1260. The summed E-state index contributed by atoms with van der Waals surface area (Å²) in [5.74, 6) is -0.473.